The molecule has 0 aliphatic carbocycles. The molecule has 0 saturated heterocycles. The highest BCUT2D eigenvalue weighted by molar-refractivity contribution is 7.97. The molecule has 0 aliphatic heterocycles. The highest BCUT2D eigenvalue weighted by atomic mass is 32.2. The molecule has 2 aromatic rings. The second-order valence-electron chi connectivity index (χ2n) is 4.64. The molecule has 19 heavy (non-hydrogen) atoms. The molecule has 0 bridgehead atoms. The van der Waals surface area contributed by atoms with Gasteiger partial charge in [-0.3, -0.25) is 0 Å². The minimum Gasteiger partial charge on any atom is -0.156 e. The Labute approximate surface area is 115 Å². The van der Waals surface area contributed by atoms with E-state index in [2.05, 4.69) is 0 Å². The maximum Gasteiger partial charge on any atom is 0.409 e. The average Bonchev–Trinajstić information content (AvgIpc) is 2.34. The molecule has 1 atom stereocenters. The zero-order chi connectivity index (χ0) is 14.0. The van der Waals surface area contributed by atoms with Crippen LogP contribution in [0, 0.1) is 20.8 Å². The molecule has 2 rings (SSSR count). The summed E-state index contributed by atoms with van der Waals surface area (Å²) in [7, 11) is -1.17. The first kappa shape index (κ1) is 14.1. The van der Waals surface area contributed by atoms with E-state index in [1.807, 2.05) is 51.1 Å². The summed E-state index contributed by atoms with van der Waals surface area (Å²) >= 11 is 0. The Morgan fingerprint density at radius 1 is 0.895 bits per heavy atom. The van der Waals surface area contributed by atoms with Gasteiger partial charge in [-0.2, -0.15) is 8.78 Å². The van der Waals surface area contributed by atoms with Crippen molar-refractivity contribution in [1.82, 2.24) is 0 Å². The number of alkyl halides is 2. The van der Waals surface area contributed by atoms with Crippen LogP contribution < -0.4 is 0 Å². The summed E-state index contributed by atoms with van der Waals surface area (Å²) in [6.45, 7) is 5.83. The second kappa shape index (κ2) is 5.74. The van der Waals surface area contributed by atoms with Crippen molar-refractivity contribution < 1.29 is 8.78 Å². The van der Waals surface area contributed by atoms with E-state index in [1.54, 1.807) is 12.1 Å². The van der Waals surface area contributed by atoms with Gasteiger partial charge in [0.05, 0.1) is 0 Å². The van der Waals surface area contributed by atoms with Gasteiger partial charge in [0.25, 0.3) is 0 Å². The van der Waals surface area contributed by atoms with Gasteiger partial charge < -0.3 is 0 Å². The van der Waals surface area contributed by atoms with E-state index in [4.69, 9.17) is 0 Å². The summed E-state index contributed by atoms with van der Waals surface area (Å²) in [6, 6.07) is 13.0. The molecule has 0 saturated carbocycles. The molecule has 0 aromatic heterocycles. The molecule has 3 heteroatoms. The van der Waals surface area contributed by atoms with Gasteiger partial charge in [-0.1, -0.05) is 35.9 Å². The normalized spacial score (nSPS) is 12.7. The average molecular weight is 279 g/mol. The van der Waals surface area contributed by atoms with Crippen LogP contribution >= 0.6 is 0 Å². The number of benzene rings is 2. The summed E-state index contributed by atoms with van der Waals surface area (Å²) in [5.41, 5.74) is 3.01. The summed E-state index contributed by atoms with van der Waals surface area (Å²) < 4.78 is 27.1. The number of rotatable bonds is 3. The molecule has 0 aliphatic rings. The largest absolute Gasteiger partial charge is 0.409 e. The van der Waals surface area contributed by atoms with Gasteiger partial charge in [-0.25, -0.2) is 0 Å². The van der Waals surface area contributed by atoms with E-state index in [9.17, 15) is 8.78 Å². The Bertz CT molecular complexity index is 541. The van der Waals surface area contributed by atoms with Crippen molar-refractivity contribution in [2.75, 3.05) is 0 Å². The fourth-order valence-corrected chi connectivity index (χ4v) is 4.27. The predicted molar refractivity (Wildman–Crippen MR) is 77.0 cm³/mol. The summed E-state index contributed by atoms with van der Waals surface area (Å²) in [5.74, 6) is -2.37. The van der Waals surface area contributed by atoms with E-state index in [1.165, 1.54) is 0 Å². The maximum atomic E-state index is 13.5. The standard InChI is InChI=1S/C16H17F2S/c1-11-9-12(2)15(13(3)10-11)19(16(17)18)14-7-5-4-6-8-14/h4-10,16H,1-3H3/q+1. The zero-order valence-electron chi connectivity index (χ0n) is 11.3. The van der Waals surface area contributed by atoms with Gasteiger partial charge >= 0.3 is 5.76 Å². The van der Waals surface area contributed by atoms with Crippen LogP contribution in [0.3, 0.4) is 0 Å². The Morgan fingerprint density at radius 2 is 1.42 bits per heavy atom. The molecule has 2 aromatic carbocycles. The van der Waals surface area contributed by atoms with Crippen LogP contribution in [0.1, 0.15) is 16.7 Å². The van der Waals surface area contributed by atoms with E-state index in [-0.39, 0.29) is 0 Å². The van der Waals surface area contributed by atoms with Crippen LogP contribution in [0.2, 0.25) is 0 Å². The first-order valence-electron chi connectivity index (χ1n) is 6.15. The van der Waals surface area contributed by atoms with Crippen molar-refractivity contribution in [3.63, 3.8) is 0 Å². The van der Waals surface area contributed by atoms with E-state index in [0.717, 1.165) is 21.6 Å². The predicted octanol–water partition coefficient (Wildman–Crippen LogP) is 4.87. The highest BCUT2D eigenvalue weighted by Crippen LogP contribution is 2.34. The van der Waals surface area contributed by atoms with Crippen molar-refractivity contribution in [1.29, 1.82) is 0 Å². The van der Waals surface area contributed by atoms with Gasteiger partial charge in [0.15, 0.2) is 9.79 Å². The third kappa shape index (κ3) is 2.98. The van der Waals surface area contributed by atoms with Crippen LogP contribution in [0.5, 0.6) is 0 Å². The van der Waals surface area contributed by atoms with Crippen LogP contribution in [0.25, 0.3) is 0 Å². The second-order valence-corrected chi connectivity index (χ2v) is 6.55. The number of hydrogen-bond donors (Lipinski definition) is 0. The first-order chi connectivity index (χ1) is 9.00. The van der Waals surface area contributed by atoms with E-state index in [0.29, 0.717) is 4.90 Å². The van der Waals surface area contributed by atoms with Crippen molar-refractivity contribution in [2.24, 2.45) is 0 Å². The lowest BCUT2D eigenvalue weighted by Gasteiger charge is -2.12. The molecular formula is C16H17F2S+. The lowest BCUT2D eigenvalue weighted by atomic mass is 10.1. The van der Waals surface area contributed by atoms with Gasteiger partial charge in [0.1, 0.15) is 10.9 Å². The highest BCUT2D eigenvalue weighted by Gasteiger charge is 2.38. The van der Waals surface area contributed by atoms with Gasteiger partial charge in [0.2, 0.25) is 0 Å². The van der Waals surface area contributed by atoms with Crippen molar-refractivity contribution in [3.05, 3.63) is 59.2 Å². The smallest absolute Gasteiger partial charge is 0.156 e. The lowest BCUT2D eigenvalue weighted by Crippen LogP contribution is -2.16. The SMILES string of the molecule is Cc1cc(C)c([S+](c2ccccc2)C(F)F)c(C)c1. The zero-order valence-corrected chi connectivity index (χ0v) is 12.1. The fourth-order valence-electron chi connectivity index (χ4n) is 2.39. The van der Waals surface area contributed by atoms with Crippen molar-refractivity contribution >= 4 is 10.9 Å². The van der Waals surface area contributed by atoms with Gasteiger partial charge in [-0.05, 0) is 32.9 Å². The molecule has 0 radical (unpaired) electrons. The maximum absolute atomic E-state index is 13.5. The van der Waals surface area contributed by atoms with Crippen molar-refractivity contribution in [3.8, 4) is 0 Å². The minimum atomic E-state index is -2.37. The summed E-state index contributed by atoms with van der Waals surface area (Å²) in [6.07, 6.45) is 0. The Hall–Kier alpha value is -1.35. The molecule has 100 valence electrons. The third-order valence-electron chi connectivity index (χ3n) is 3.00. The van der Waals surface area contributed by atoms with Gasteiger partial charge in [0, 0.05) is 11.1 Å². The molecule has 1 unspecified atom stereocenters. The molecule has 0 nitrogen and oxygen atoms in total. The Morgan fingerprint density at radius 3 is 1.89 bits per heavy atom. The Balaban J connectivity index is 2.58. The minimum absolute atomic E-state index is 0.701. The topological polar surface area (TPSA) is 0 Å². The van der Waals surface area contributed by atoms with E-state index < -0.39 is 16.7 Å². The fraction of sp³-hybridized carbons (Fsp3) is 0.250. The quantitative estimate of drug-likeness (QED) is 0.703. The third-order valence-corrected chi connectivity index (χ3v) is 5.22. The molecular weight excluding hydrogens is 262 g/mol. The van der Waals surface area contributed by atoms with Crippen LogP contribution in [-0.4, -0.2) is 5.76 Å². The number of aryl methyl sites for hydroxylation is 3. The Kier molecular flexibility index (Phi) is 4.25. The molecule has 0 fully saturated rings. The van der Waals surface area contributed by atoms with Crippen molar-refractivity contribution in [2.45, 2.75) is 36.3 Å². The first-order valence-corrected chi connectivity index (χ1v) is 7.43. The summed E-state index contributed by atoms with van der Waals surface area (Å²) in [5, 5.41) is 0. The number of halogens is 2. The molecule has 0 spiro atoms. The lowest BCUT2D eigenvalue weighted by molar-refractivity contribution is 0.247. The van der Waals surface area contributed by atoms with E-state index >= 15 is 0 Å². The van der Waals surface area contributed by atoms with Crippen LogP contribution in [-0.2, 0) is 10.9 Å². The van der Waals surface area contributed by atoms with Crippen LogP contribution in [0.15, 0.2) is 52.3 Å². The summed E-state index contributed by atoms with van der Waals surface area (Å²) in [4.78, 5) is 1.49. The molecule has 0 amide bonds. The number of hydrogen-bond acceptors (Lipinski definition) is 0. The molecule has 0 heterocycles. The monoisotopic (exact) mass is 279 g/mol. The van der Waals surface area contributed by atoms with Crippen LogP contribution in [0.4, 0.5) is 8.78 Å². The van der Waals surface area contributed by atoms with Gasteiger partial charge in [-0.15, -0.1) is 0 Å². The molecule has 0 N–H and O–H groups in total.